The largest absolute Gasteiger partial charge is 0.497 e. The van der Waals surface area contributed by atoms with Crippen LogP contribution in [-0.2, 0) is 11.5 Å². The van der Waals surface area contributed by atoms with Crippen LogP contribution in [0.5, 0.6) is 11.5 Å². The molecule has 0 aliphatic carbocycles. The van der Waals surface area contributed by atoms with Gasteiger partial charge >= 0.3 is 5.97 Å². The summed E-state index contributed by atoms with van der Waals surface area (Å²) in [5.41, 5.74) is 0.795. The second-order valence-corrected chi connectivity index (χ2v) is 8.02. The Hall–Kier alpha value is -3.56. The molecule has 0 aliphatic rings. The van der Waals surface area contributed by atoms with Gasteiger partial charge in [-0.2, -0.15) is 5.10 Å². The van der Waals surface area contributed by atoms with E-state index in [1.54, 1.807) is 61.8 Å². The van der Waals surface area contributed by atoms with E-state index in [1.807, 2.05) is 0 Å². The van der Waals surface area contributed by atoms with E-state index in [9.17, 15) is 9.59 Å². The number of anilines is 1. The van der Waals surface area contributed by atoms with Crippen LogP contribution in [0.25, 0.3) is 10.1 Å². The average Bonchev–Trinajstić information content (AvgIpc) is 3.42. The molecule has 4 aromatic rings. The monoisotopic (exact) mass is 471 g/mol. The predicted molar refractivity (Wildman–Crippen MR) is 122 cm³/mol. The molecule has 2 aromatic heterocycles. The van der Waals surface area contributed by atoms with Crippen LogP contribution in [0.2, 0.25) is 5.02 Å². The molecule has 10 heteroatoms. The standard InChI is InChI=1S/C22H18ClN3O5S/c1-29-14-4-6-15(7-5-14)31-12-26-10-9-17(25-26)21(27)24-13-3-8-16-18(11-13)32-20(19(16)23)22(28)30-2/h3-11H,12H2,1-2H3,(H,24,27). The van der Waals surface area contributed by atoms with Crippen molar-refractivity contribution in [2.45, 2.75) is 6.73 Å². The first-order chi connectivity index (χ1) is 15.5. The molecule has 4 rings (SSSR count). The summed E-state index contributed by atoms with van der Waals surface area (Å²) in [6.45, 7) is 0.148. The summed E-state index contributed by atoms with van der Waals surface area (Å²) in [5.74, 6) is 0.522. The van der Waals surface area contributed by atoms with Crippen molar-refractivity contribution in [3.8, 4) is 11.5 Å². The Morgan fingerprint density at radius 2 is 1.84 bits per heavy atom. The van der Waals surface area contributed by atoms with Crippen LogP contribution in [0.4, 0.5) is 5.69 Å². The number of benzene rings is 2. The lowest BCUT2D eigenvalue weighted by Gasteiger charge is -2.07. The minimum atomic E-state index is -0.496. The molecule has 1 amide bonds. The number of esters is 1. The van der Waals surface area contributed by atoms with Gasteiger partial charge in [0.25, 0.3) is 5.91 Å². The number of rotatable bonds is 7. The number of nitrogens with one attached hydrogen (secondary N) is 1. The second kappa shape index (κ2) is 9.29. The number of hydrogen-bond acceptors (Lipinski definition) is 7. The highest BCUT2D eigenvalue weighted by atomic mass is 35.5. The summed E-state index contributed by atoms with van der Waals surface area (Å²) in [4.78, 5) is 24.8. The Morgan fingerprint density at radius 3 is 2.56 bits per heavy atom. The highest BCUT2D eigenvalue weighted by Crippen LogP contribution is 2.37. The van der Waals surface area contributed by atoms with E-state index in [1.165, 1.54) is 23.1 Å². The maximum absolute atomic E-state index is 12.6. The van der Waals surface area contributed by atoms with Gasteiger partial charge in [0.05, 0.1) is 19.2 Å². The molecule has 32 heavy (non-hydrogen) atoms. The van der Waals surface area contributed by atoms with Gasteiger partial charge in [-0.05, 0) is 48.5 Å². The van der Waals surface area contributed by atoms with Gasteiger partial charge in [0.2, 0.25) is 0 Å². The molecule has 0 bridgehead atoms. The number of amides is 1. The number of halogens is 1. The van der Waals surface area contributed by atoms with Crippen LogP contribution in [0.3, 0.4) is 0 Å². The highest BCUT2D eigenvalue weighted by Gasteiger charge is 2.18. The number of methoxy groups -OCH3 is 2. The van der Waals surface area contributed by atoms with Gasteiger partial charge in [0.1, 0.15) is 16.4 Å². The van der Waals surface area contributed by atoms with Gasteiger partial charge < -0.3 is 19.5 Å². The van der Waals surface area contributed by atoms with Crippen molar-refractivity contribution < 1.29 is 23.8 Å². The number of fused-ring (bicyclic) bond motifs is 1. The third-order valence-electron chi connectivity index (χ3n) is 4.55. The molecule has 0 saturated carbocycles. The zero-order valence-electron chi connectivity index (χ0n) is 17.1. The molecule has 0 unspecified atom stereocenters. The lowest BCUT2D eigenvalue weighted by atomic mass is 10.2. The Labute approximate surface area is 192 Å². The SMILES string of the molecule is COC(=O)c1sc2cc(NC(=O)c3ccn(COc4ccc(OC)cc4)n3)ccc2c1Cl. The summed E-state index contributed by atoms with van der Waals surface area (Å²) in [7, 11) is 2.90. The molecular formula is C22H18ClN3O5S. The zero-order valence-corrected chi connectivity index (χ0v) is 18.7. The van der Waals surface area contributed by atoms with Crippen LogP contribution >= 0.6 is 22.9 Å². The van der Waals surface area contributed by atoms with E-state index >= 15 is 0 Å². The minimum Gasteiger partial charge on any atom is -0.497 e. The molecule has 0 fully saturated rings. The lowest BCUT2D eigenvalue weighted by Crippen LogP contribution is -2.14. The average molecular weight is 472 g/mol. The fourth-order valence-electron chi connectivity index (χ4n) is 2.93. The smallest absolute Gasteiger partial charge is 0.349 e. The normalized spacial score (nSPS) is 10.7. The molecule has 0 spiro atoms. The molecular weight excluding hydrogens is 454 g/mol. The Balaban J connectivity index is 1.42. The zero-order chi connectivity index (χ0) is 22.7. The van der Waals surface area contributed by atoms with Crippen LogP contribution in [0, 0.1) is 0 Å². The first-order valence-corrected chi connectivity index (χ1v) is 10.6. The first-order valence-electron chi connectivity index (χ1n) is 9.40. The van der Waals surface area contributed by atoms with Crippen molar-refractivity contribution >= 4 is 50.6 Å². The number of hydrogen-bond donors (Lipinski definition) is 1. The fraction of sp³-hybridized carbons (Fsp3) is 0.136. The number of nitrogens with zero attached hydrogens (tertiary/aromatic N) is 2. The third-order valence-corrected chi connectivity index (χ3v) is 6.19. The summed E-state index contributed by atoms with van der Waals surface area (Å²) in [6, 6.07) is 14.0. The number of aromatic nitrogens is 2. The van der Waals surface area contributed by atoms with Gasteiger partial charge in [0, 0.05) is 22.0 Å². The molecule has 2 aromatic carbocycles. The first kappa shape index (κ1) is 21.7. The van der Waals surface area contributed by atoms with Crippen LogP contribution < -0.4 is 14.8 Å². The van der Waals surface area contributed by atoms with Gasteiger partial charge in [-0.15, -0.1) is 11.3 Å². The molecule has 164 valence electrons. The number of thiophene rings is 1. The Bertz CT molecular complexity index is 1280. The number of carbonyl (C=O) groups excluding carboxylic acids is 2. The highest BCUT2D eigenvalue weighted by molar-refractivity contribution is 7.21. The predicted octanol–water partition coefficient (Wildman–Crippen LogP) is 4.84. The molecule has 0 atom stereocenters. The molecule has 0 aliphatic heterocycles. The maximum Gasteiger partial charge on any atom is 0.349 e. The summed E-state index contributed by atoms with van der Waals surface area (Å²) >= 11 is 7.47. The molecule has 0 saturated heterocycles. The van der Waals surface area contributed by atoms with Gasteiger partial charge in [-0.25, -0.2) is 9.48 Å². The summed E-state index contributed by atoms with van der Waals surface area (Å²) < 4.78 is 17.8. The van der Waals surface area contributed by atoms with Crippen molar-refractivity contribution in [2.24, 2.45) is 0 Å². The van der Waals surface area contributed by atoms with E-state index in [-0.39, 0.29) is 18.3 Å². The van der Waals surface area contributed by atoms with Gasteiger partial charge in [-0.1, -0.05) is 11.6 Å². The van der Waals surface area contributed by atoms with E-state index in [0.717, 1.165) is 15.8 Å². The Kier molecular flexibility index (Phi) is 6.29. The fourth-order valence-corrected chi connectivity index (χ4v) is 4.40. The molecule has 8 nitrogen and oxygen atoms in total. The van der Waals surface area contributed by atoms with Crippen LogP contribution in [-0.4, -0.2) is 35.9 Å². The van der Waals surface area contributed by atoms with Crippen LogP contribution in [0.15, 0.2) is 54.7 Å². The van der Waals surface area contributed by atoms with Crippen LogP contribution in [0.1, 0.15) is 20.2 Å². The maximum atomic E-state index is 12.6. The van der Waals surface area contributed by atoms with E-state index < -0.39 is 5.97 Å². The Morgan fingerprint density at radius 1 is 1.09 bits per heavy atom. The number of carbonyl (C=O) groups is 2. The molecule has 1 N–H and O–H groups in total. The van der Waals surface area contributed by atoms with E-state index in [4.69, 9.17) is 25.8 Å². The third kappa shape index (κ3) is 4.53. The van der Waals surface area contributed by atoms with Crippen molar-refractivity contribution in [1.82, 2.24) is 9.78 Å². The van der Waals surface area contributed by atoms with Crippen molar-refractivity contribution in [3.05, 3.63) is 70.3 Å². The lowest BCUT2D eigenvalue weighted by molar-refractivity contribution is 0.0606. The van der Waals surface area contributed by atoms with E-state index in [0.29, 0.717) is 21.3 Å². The summed E-state index contributed by atoms with van der Waals surface area (Å²) in [5, 5.41) is 8.10. The summed E-state index contributed by atoms with van der Waals surface area (Å²) in [6.07, 6.45) is 1.66. The van der Waals surface area contributed by atoms with Crippen molar-refractivity contribution in [2.75, 3.05) is 19.5 Å². The second-order valence-electron chi connectivity index (χ2n) is 6.59. The number of ether oxygens (including phenoxy) is 3. The topological polar surface area (TPSA) is 91.7 Å². The van der Waals surface area contributed by atoms with Crippen molar-refractivity contribution in [1.29, 1.82) is 0 Å². The quantitative estimate of drug-likeness (QED) is 0.388. The van der Waals surface area contributed by atoms with Gasteiger partial charge in [-0.3, -0.25) is 4.79 Å². The molecule has 0 radical (unpaired) electrons. The van der Waals surface area contributed by atoms with Gasteiger partial charge in [0.15, 0.2) is 12.4 Å². The molecule has 2 heterocycles. The van der Waals surface area contributed by atoms with E-state index in [2.05, 4.69) is 10.4 Å². The minimum absolute atomic E-state index is 0.148. The van der Waals surface area contributed by atoms with Crippen molar-refractivity contribution in [3.63, 3.8) is 0 Å².